The molecule has 4 N–H and O–H groups in total. The number of carbonyl (C=O) groups excluding carboxylic acids is 3. The normalized spacial score (nSPS) is 22.5. The molecule has 0 saturated heterocycles. The molecule has 3 atom stereocenters. The molecule has 202 valence electrons. The van der Waals surface area contributed by atoms with Gasteiger partial charge in [0.25, 0.3) is 0 Å². The van der Waals surface area contributed by atoms with Crippen LogP contribution in [0.15, 0.2) is 12.2 Å². The summed E-state index contributed by atoms with van der Waals surface area (Å²) in [4.78, 5) is 36.2. The summed E-state index contributed by atoms with van der Waals surface area (Å²) in [6.45, 7) is 15.5. The molecule has 1 aliphatic carbocycles. The largest absolute Gasteiger partial charge is 0.450 e. The molecule has 35 heavy (non-hydrogen) atoms. The Labute approximate surface area is 211 Å². The predicted octanol–water partition coefficient (Wildman–Crippen LogP) is 4.23. The van der Waals surface area contributed by atoms with Gasteiger partial charge in [-0.25, -0.2) is 9.59 Å². The number of ether oxygens (including phenoxy) is 2. The lowest BCUT2D eigenvalue weighted by Gasteiger charge is -2.46. The second kappa shape index (κ2) is 15.0. The van der Waals surface area contributed by atoms with Gasteiger partial charge in [-0.05, 0) is 57.3 Å². The van der Waals surface area contributed by atoms with Crippen molar-refractivity contribution in [1.82, 2.24) is 21.3 Å². The second-order valence-electron chi connectivity index (χ2n) is 11.0. The van der Waals surface area contributed by atoms with Gasteiger partial charge in [0.2, 0.25) is 5.91 Å². The minimum atomic E-state index is -0.442. The first-order chi connectivity index (χ1) is 16.4. The Morgan fingerprint density at radius 2 is 1.74 bits per heavy atom. The van der Waals surface area contributed by atoms with Crippen molar-refractivity contribution in [3.8, 4) is 0 Å². The summed E-state index contributed by atoms with van der Waals surface area (Å²) in [5.41, 5.74) is -0.152. The molecule has 0 bridgehead atoms. The zero-order valence-corrected chi connectivity index (χ0v) is 22.8. The molecule has 1 fully saturated rings. The average Bonchev–Trinajstić information content (AvgIpc) is 2.73. The molecule has 3 amide bonds. The summed E-state index contributed by atoms with van der Waals surface area (Å²) in [5, 5.41) is 11.8. The van der Waals surface area contributed by atoms with E-state index in [2.05, 4.69) is 42.0 Å². The van der Waals surface area contributed by atoms with Gasteiger partial charge >= 0.3 is 12.2 Å². The van der Waals surface area contributed by atoms with Crippen molar-refractivity contribution < 1.29 is 23.9 Å². The summed E-state index contributed by atoms with van der Waals surface area (Å²) in [7, 11) is 0. The van der Waals surface area contributed by atoms with E-state index in [1.807, 2.05) is 26.8 Å². The molecular formula is C26H48N4O5. The fourth-order valence-electron chi connectivity index (χ4n) is 4.85. The highest BCUT2D eigenvalue weighted by atomic mass is 16.6. The zero-order chi connectivity index (χ0) is 26.5. The number of alkyl carbamates (subject to hydrolysis) is 2. The topological polar surface area (TPSA) is 118 Å². The standard InChI is InChI=1S/C26H48N4O5/c1-8-21(12-10-11-13-22(31)29-18-28-19(3)4)35-23(32)27-17-26(7)15-20(14-25(5,6)16-26)30-24(33)34-9-2/h10-11,19-21,28H,8-9,12-18H2,1-7H3,(H,27,32)(H,29,31)(H,30,33)/b11-10+. The summed E-state index contributed by atoms with van der Waals surface area (Å²) in [5.74, 6) is -0.0551. The predicted molar refractivity (Wildman–Crippen MR) is 138 cm³/mol. The van der Waals surface area contributed by atoms with Crippen LogP contribution in [0.1, 0.15) is 87.0 Å². The molecule has 0 aliphatic heterocycles. The van der Waals surface area contributed by atoms with Crippen LogP contribution in [0.25, 0.3) is 0 Å². The number of nitrogens with one attached hydrogen (secondary N) is 4. The van der Waals surface area contributed by atoms with Gasteiger partial charge < -0.3 is 25.4 Å². The van der Waals surface area contributed by atoms with Gasteiger partial charge in [0.05, 0.1) is 13.3 Å². The van der Waals surface area contributed by atoms with E-state index >= 15 is 0 Å². The van der Waals surface area contributed by atoms with Crippen LogP contribution in [0.4, 0.5) is 9.59 Å². The van der Waals surface area contributed by atoms with Crippen LogP contribution >= 0.6 is 0 Å². The lowest BCUT2D eigenvalue weighted by Crippen LogP contribution is -2.50. The van der Waals surface area contributed by atoms with Crippen LogP contribution in [-0.2, 0) is 14.3 Å². The van der Waals surface area contributed by atoms with E-state index in [-0.39, 0.29) is 35.3 Å². The van der Waals surface area contributed by atoms with Crippen LogP contribution in [0.5, 0.6) is 0 Å². The van der Waals surface area contributed by atoms with Crippen molar-refractivity contribution in [2.75, 3.05) is 19.8 Å². The van der Waals surface area contributed by atoms with Gasteiger partial charge in [0.15, 0.2) is 0 Å². The molecule has 1 rings (SSSR count). The van der Waals surface area contributed by atoms with Gasteiger partial charge in [-0.3, -0.25) is 10.1 Å². The van der Waals surface area contributed by atoms with Crippen LogP contribution < -0.4 is 21.3 Å². The third kappa shape index (κ3) is 13.4. The monoisotopic (exact) mass is 496 g/mol. The molecule has 9 heteroatoms. The van der Waals surface area contributed by atoms with Gasteiger partial charge in [-0.15, -0.1) is 0 Å². The summed E-state index contributed by atoms with van der Waals surface area (Å²) in [6.07, 6.45) is 6.65. The van der Waals surface area contributed by atoms with Crippen LogP contribution in [0.2, 0.25) is 0 Å². The lowest BCUT2D eigenvalue weighted by molar-refractivity contribution is -0.120. The first-order valence-corrected chi connectivity index (χ1v) is 12.9. The minimum absolute atomic E-state index is 0.00694. The Hall–Kier alpha value is -2.29. The molecule has 0 radical (unpaired) electrons. The minimum Gasteiger partial charge on any atom is -0.450 e. The third-order valence-electron chi connectivity index (χ3n) is 6.09. The Kier molecular flexibility index (Phi) is 13.1. The summed E-state index contributed by atoms with van der Waals surface area (Å²) in [6, 6.07) is 0.307. The Bertz CT molecular complexity index is 710. The van der Waals surface area contributed by atoms with E-state index in [1.165, 1.54) is 0 Å². The maximum Gasteiger partial charge on any atom is 0.407 e. The van der Waals surface area contributed by atoms with Crippen LogP contribution in [0.3, 0.4) is 0 Å². The maximum absolute atomic E-state index is 12.5. The van der Waals surface area contributed by atoms with E-state index in [9.17, 15) is 14.4 Å². The van der Waals surface area contributed by atoms with Crippen molar-refractivity contribution in [3.63, 3.8) is 0 Å². The smallest absolute Gasteiger partial charge is 0.407 e. The molecule has 0 aromatic carbocycles. The van der Waals surface area contributed by atoms with Gasteiger partial charge in [-0.1, -0.05) is 39.8 Å². The van der Waals surface area contributed by atoms with E-state index < -0.39 is 12.2 Å². The van der Waals surface area contributed by atoms with Gasteiger partial charge in [0.1, 0.15) is 6.10 Å². The number of rotatable bonds is 13. The SMILES string of the molecule is CCOC(=O)NC1CC(C)(C)CC(C)(CNC(=O)OC(CC)C/C=C/CC(=O)NCNC(C)C)C1. The van der Waals surface area contributed by atoms with Gasteiger partial charge in [-0.2, -0.15) is 0 Å². The molecule has 0 heterocycles. The van der Waals surface area contributed by atoms with Crippen molar-refractivity contribution >= 4 is 18.1 Å². The number of hydrogen-bond donors (Lipinski definition) is 4. The van der Waals surface area contributed by atoms with E-state index in [4.69, 9.17) is 9.47 Å². The zero-order valence-electron chi connectivity index (χ0n) is 22.8. The Balaban J connectivity index is 2.47. The highest BCUT2D eigenvalue weighted by molar-refractivity contribution is 5.77. The second-order valence-corrected chi connectivity index (χ2v) is 11.0. The first-order valence-electron chi connectivity index (χ1n) is 12.9. The Morgan fingerprint density at radius 3 is 2.37 bits per heavy atom. The molecule has 0 spiro atoms. The molecular weight excluding hydrogens is 448 g/mol. The van der Waals surface area contributed by atoms with Crippen LogP contribution in [0, 0.1) is 10.8 Å². The van der Waals surface area contributed by atoms with E-state index in [1.54, 1.807) is 13.0 Å². The summed E-state index contributed by atoms with van der Waals surface area (Å²) < 4.78 is 10.7. The maximum atomic E-state index is 12.5. The Morgan fingerprint density at radius 1 is 1.03 bits per heavy atom. The molecule has 9 nitrogen and oxygen atoms in total. The van der Waals surface area contributed by atoms with Crippen LogP contribution in [-0.4, -0.2) is 56.1 Å². The molecule has 0 aromatic heterocycles. The quantitative estimate of drug-likeness (QED) is 0.224. The first kappa shape index (κ1) is 30.7. The fourth-order valence-corrected chi connectivity index (χ4v) is 4.85. The molecule has 1 saturated carbocycles. The highest BCUT2D eigenvalue weighted by Gasteiger charge is 2.42. The van der Waals surface area contributed by atoms with Crippen molar-refractivity contribution in [3.05, 3.63) is 12.2 Å². The van der Waals surface area contributed by atoms with E-state index in [0.29, 0.717) is 38.7 Å². The van der Waals surface area contributed by atoms with Gasteiger partial charge in [0, 0.05) is 31.5 Å². The van der Waals surface area contributed by atoms with Crippen molar-refractivity contribution in [2.45, 2.75) is 105 Å². The summed E-state index contributed by atoms with van der Waals surface area (Å²) >= 11 is 0. The third-order valence-corrected chi connectivity index (χ3v) is 6.09. The van der Waals surface area contributed by atoms with Crippen molar-refractivity contribution in [2.24, 2.45) is 10.8 Å². The molecule has 3 unspecified atom stereocenters. The highest BCUT2D eigenvalue weighted by Crippen LogP contribution is 2.45. The van der Waals surface area contributed by atoms with E-state index in [0.717, 1.165) is 19.3 Å². The number of carbonyl (C=O) groups is 3. The average molecular weight is 497 g/mol. The number of amides is 3. The lowest BCUT2D eigenvalue weighted by atomic mass is 9.62. The van der Waals surface area contributed by atoms with Crippen molar-refractivity contribution in [1.29, 1.82) is 0 Å². The molecule has 1 aliphatic rings. The fraction of sp³-hybridized carbons (Fsp3) is 0.808. The number of hydrogen-bond acceptors (Lipinski definition) is 6. The molecule has 0 aromatic rings.